The van der Waals surface area contributed by atoms with Crippen molar-refractivity contribution in [2.75, 3.05) is 6.26 Å². The fraction of sp³-hybridized carbons (Fsp3) is 0.538. The average molecular weight is 288 g/mol. The van der Waals surface area contributed by atoms with Crippen molar-refractivity contribution in [1.29, 1.82) is 0 Å². The van der Waals surface area contributed by atoms with E-state index in [1.807, 2.05) is 30.3 Å². The number of rotatable bonds is 5. The maximum Gasteiger partial charge on any atom is 0.264 e. The molecule has 0 aliphatic heterocycles. The lowest BCUT2D eigenvalue weighted by Crippen LogP contribution is -2.22. The van der Waals surface area contributed by atoms with Crippen LogP contribution >= 0.6 is 0 Å². The van der Waals surface area contributed by atoms with Crippen molar-refractivity contribution in [2.24, 2.45) is 0 Å². The number of ether oxygens (including phenoxy) is 1. The van der Waals surface area contributed by atoms with Crippen molar-refractivity contribution in [3.63, 3.8) is 0 Å². The van der Waals surface area contributed by atoms with Gasteiger partial charge in [-0.15, -0.1) is 0 Å². The van der Waals surface area contributed by atoms with Crippen LogP contribution in [0.5, 0.6) is 0 Å². The van der Waals surface area contributed by atoms with Crippen LogP contribution in [0.2, 0.25) is 0 Å². The normalized spacial score (nSPS) is 27.6. The molecule has 2 rings (SSSR count). The summed E-state index contributed by atoms with van der Waals surface area (Å²) >= 11 is 0. The van der Waals surface area contributed by atoms with Crippen LogP contribution in [-0.2, 0) is 25.6 Å². The number of hydrogen-bond donors (Lipinski definition) is 0. The summed E-state index contributed by atoms with van der Waals surface area (Å²) in [5.74, 6) is 0. The summed E-state index contributed by atoms with van der Waals surface area (Å²) < 4.78 is 45.9. The van der Waals surface area contributed by atoms with Crippen molar-refractivity contribution in [3.05, 3.63) is 35.9 Å². The van der Waals surface area contributed by atoms with E-state index in [9.17, 15) is 12.8 Å². The molecule has 1 aromatic carbocycles. The molecule has 1 saturated carbocycles. The fourth-order valence-electron chi connectivity index (χ4n) is 2.15. The summed E-state index contributed by atoms with van der Waals surface area (Å²) in [5.41, 5.74) is 1.00. The highest BCUT2D eigenvalue weighted by molar-refractivity contribution is 7.86. The predicted molar refractivity (Wildman–Crippen MR) is 68.9 cm³/mol. The van der Waals surface area contributed by atoms with Crippen molar-refractivity contribution in [1.82, 2.24) is 0 Å². The highest BCUT2D eigenvalue weighted by Gasteiger charge is 2.37. The van der Waals surface area contributed by atoms with Gasteiger partial charge < -0.3 is 4.74 Å². The van der Waals surface area contributed by atoms with Gasteiger partial charge in [-0.25, -0.2) is 4.39 Å². The van der Waals surface area contributed by atoms with E-state index in [1.54, 1.807) is 0 Å². The smallest absolute Gasteiger partial charge is 0.264 e. The van der Waals surface area contributed by atoms with Crippen molar-refractivity contribution < 1.29 is 21.7 Å². The molecule has 0 saturated heterocycles. The van der Waals surface area contributed by atoms with Gasteiger partial charge in [0.2, 0.25) is 0 Å². The van der Waals surface area contributed by atoms with Crippen LogP contribution in [0.15, 0.2) is 30.3 Å². The Bertz CT molecular complexity index is 503. The zero-order valence-electron chi connectivity index (χ0n) is 10.7. The van der Waals surface area contributed by atoms with Crippen LogP contribution < -0.4 is 0 Å². The molecule has 3 atom stereocenters. The van der Waals surface area contributed by atoms with Crippen LogP contribution in [0.4, 0.5) is 4.39 Å². The lowest BCUT2D eigenvalue weighted by Gasteiger charge is -2.12. The molecule has 0 N–H and O–H groups in total. The molecular weight excluding hydrogens is 271 g/mol. The first-order chi connectivity index (χ1) is 8.94. The van der Waals surface area contributed by atoms with Gasteiger partial charge in [-0.05, 0) is 5.56 Å². The molecule has 1 aromatic rings. The van der Waals surface area contributed by atoms with Gasteiger partial charge in [0.1, 0.15) is 12.3 Å². The minimum atomic E-state index is -3.63. The average Bonchev–Trinajstić information content (AvgIpc) is 2.67. The summed E-state index contributed by atoms with van der Waals surface area (Å²) in [7, 11) is -3.63. The molecule has 0 heterocycles. The number of benzene rings is 1. The Morgan fingerprint density at radius 3 is 2.58 bits per heavy atom. The number of alkyl halides is 1. The highest BCUT2D eigenvalue weighted by atomic mass is 32.2. The molecule has 0 amide bonds. The SMILES string of the molecule is CS(=O)(=O)O[C@H]1C[C@@H](OCc2ccccc2)C[C@@H]1F. The molecule has 0 unspecified atom stereocenters. The molecular formula is C13H17FO4S. The molecule has 1 fully saturated rings. The van der Waals surface area contributed by atoms with Gasteiger partial charge in [-0.3, -0.25) is 4.18 Å². The van der Waals surface area contributed by atoms with Gasteiger partial charge in [0.15, 0.2) is 0 Å². The van der Waals surface area contributed by atoms with E-state index in [0.717, 1.165) is 11.8 Å². The Morgan fingerprint density at radius 2 is 1.95 bits per heavy atom. The Hall–Kier alpha value is -0.980. The van der Waals surface area contributed by atoms with Gasteiger partial charge in [-0.1, -0.05) is 30.3 Å². The van der Waals surface area contributed by atoms with Crippen molar-refractivity contribution in [2.45, 2.75) is 37.8 Å². The second kappa shape index (κ2) is 5.98. The summed E-state index contributed by atoms with van der Waals surface area (Å²) in [4.78, 5) is 0. The van der Waals surface area contributed by atoms with E-state index < -0.39 is 22.4 Å². The molecule has 1 aliphatic carbocycles. The van der Waals surface area contributed by atoms with E-state index in [1.165, 1.54) is 0 Å². The molecule has 0 spiro atoms. The Morgan fingerprint density at radius 1 is 1.26 bits per heavy atom. The van der Waals surface area contributed by atoms with Gasteiger partial charge in [0.25, 0.3) is 10.1 Å². The molecule has 0 bridgehead atoms. The van der Waals surface area contributed by atoms with E-state index in [2.05, 4.69) is 0 Å². The summed E-state index contributed by atoms with van der Waals surface area (Å²) in [6.45, 7) is 0.393. The molecule has 4 nitrogen and oxygen atoms in total. The van der Waals surface area contributed by atoms with Crippen molar-refractivity contribution in [3.8, 4) is 0 Å². The topological polar surface area (TPSA) is 52.6 Å². The summed E-state index contributed by atoms with van der Waals surface area (Å²) in [6, 6.07) is 9.56. The second-order valence-corrected chi connectivity index (χ2v) is 6.35. The van der Waals surface area contributed by atoms with Gasteiger partial charge in [-0.2, -0.15) is 8.42 Å². The minimum absolute atomic E-state index is 0.174. The minimum Gasteiger partial charge on any atom is -0.373 e. The van der Waals surface area contributed by atoms with Crippen LogP contribution in [0, 0.1) is 0 Å². The quantitative estimate of drug-likeness (QED) is 0.778. The van der Waals surface area contributed by atoms with Crippen LogP contribution in [-0.4, -0.2) is 33.1 Å². The largest absolute Gasteiger partial charge is 0.373 e. The van der Waals surface area contributed by atoms with Crippen LogP contribution in [0.25, 0.3) is 0 Å². The van der Waals surface area contributed by atoms with E-state index in [0.29, 0.717) is 6.61 Å². The summed E-state index contributed by atoms with van der Waals surface area (Å²) in [6.07, 6.45) is -1.15. The zero-order valence-corrected chi connectivity index (χ0v) is 11.5. The number of hydrogen-bond acceptors (Lipinski definition) is 4. The molecule has 19 heavy (non-hydrogen) atoms. The first kappa shape index (κ1) is 14.4. The Kier molecular flexibility index (Phi) is 4.54. The van der Waals surface area contributed by atoms with Gasteiger partial charge >= 0.3 is 0 Å². The van der Waals surface area contributed by atoms with E-state index in [-0.39, 0.29) is 18.9 Å². The predicted octanol–water partition coefficient (Wildman–Crippen LogP) is 2.05. The standard InChI is InChI=1S/C13H17FO4S/c1-19(15,16)18-13-8-11(7-12(13)14)17-9-10-5-3-2-4-6-10/h2-6,11-13H,7-9H2,1H3/t11-,12-,13-/m0/s1. The Labute approximate surface area is 112 Å². The van der Waals surface area contributed by atoms with Gasteiger partial charge in [0, 0.05) is 12.8 Å². The maximum atomic E-state index is 13.6. The maximum absolute atomic E-state index is 13.6. The third-order valence-electron chi connectivity index (χ3n) is 3.01. The Balaban J connectivity index is 1.84. The molecule has 106 valence electrons. The number of halogens is 1. The third-order valence-corrected chi connectivity index (χ3v) is 3.61. The molecule has 0 aromatic heterocycles. The lowest BCUT2D eigenvalue weighted by atomic mass is 10.2. The van der Waals surface area contributed by atoms with Crippen LogP contribution in [0.3, 0.4) is 0 Å². The molecule has 1 aliphatic rings. The first-order valence-corrected chi connectivity index (χ1v) is 7.93. The molecule has 0 radical (unpaired) electrons. The lowest BCUT2D eigenvalue weighted by molar-refractivity contribution is 0.0379. The third kappa shape index (κ3) is 4.56. The van der Waals surface area contributed by atoms with Gasteiger partial charge in [0.05, 0.1) is 19.0 Å². The monoisotopic (exact) mass is 288 g/mol. The summed E-state index contributed by atoms with van der Waals surface area (Å²) in [5, 5.41) is 0. The fourth-order valence-corrected chi connectivity index (χ4v) is 2.80. The second-order valence-electron chi connectivity index (χ2n) is 4.74. The van der Waals surface area contributed by atoms with Crippen molar-refractivity contribution >= 4 is 10.1 Å². The highest BCUT2D eigenvalue weighted by Crippen LogP contribution is 2.29. The van der Waals surface area contributed by atoms with E-state index in [4.69, 9.17) is 8.92 Å². The first-order valence-electron chi connectivity index (χ1n) is 6.12. The van der Waals surface area contributed by atoms with E-state index >= 15 is 0 Å². The molecule has 6 heteroatoms. The zero-order chi connectivity index (χ0) is 13.9. The van der Waals surface area contributed by atoms with Crippen LogP contribution in [0.1, 0.15) is 18.4 Å².